The van der Waals surface area contributed by atoms with Crippen molar-refractivity contribution in [2.45, 2.75) is 57.2 Å². The second-order valence-electron chi connectivity index (χ2n) is 7.20. The second kappa shape index (κ2) is 7.36. The number of aromatic nitrogens is 2. The summed E-state index contributed by atoms with van der Waals surface area (Å²) in [4.78, 5) is 16.9. The Morgan fingerprint density at radius 2 is 2.19 bits per heavy atom. The molecule has 3 heterocycles. The Morgan fingerprint density at radius 3 is 3.00 bits per heavy atom. The zero-order valence-corrected chi connectivity index (χ0v) is 15.3. The van der Waals surface area contributed by atoms with Crippen molar-refractivity contribution >= 4 is 11.6 Å². The van der Waals surface area contributed by atoms with Crippen LogP contribution in [-0.2, 0) is 17.8 Å². The largest absolute Gasteiger partial charge is 0.328 e. The maximum atomic E-state index is 12.3. The van der Waals surface area contributed by atoms with Crippen molar-refractivity contribution in [2.24, 2.45) is 10.2 Å². The number of imidazole rings is 1. The lowest BCUT2D eigenvalue weighted by molar-refractivity contribution is -0.116. The van der Waals surface area contributed by atoms with Gasteiger partial charge >= 0.3 is 0 Å². The third-order valence-electron chi connectivity index (χ3n) is 5.21. The number of terminal acetylenes is 1. The molecule has 27 heavy (non-hydrogen) atoms. The molecule has 0 bridgehead atoms. The van der Waals surface area contributed by atoms with E-state index in [0.717, 1.165) is 36.5 Å². The first-order valence-electron chi connectivity index (χ1n) is 9.51. The number of amides is 1. The van der Waals surface area contributed by atoms with Gasteiger partial charge in [-0.1, -0.05) is 12.1 Å². The van der Waals surface area contributed by atoms with Crippen molar-refractivity contribution in [3.8, 4) is 23.7 Å². The van der Waals surface area contributed by atoms with E-state index in [2.05, 4.69) is 31.0 Å². The van der Waals surface area contributed by atoms with Gasteiger partial charge in [0, 0.05) is 55.4 Å². The van der Waals surface area contributed by atoms with Crippen LogP contribution in [-0.4, -0.2) is 21.1 Å². The van der Waals surface area contributed by atoms with Gasteiger partial charge in [0.15, 0.2) is 5.66 Å². The first-order valence-corrected chi connectivity index (χ1v) is 9.51. The third kappa shape index (κ3) is 3.92. The van der Waals surface area contributed by atoms with E-state index in [1.807, 2.05) is 30.5 Å². The average molecular weight is 361 g/mol. The predicted molar refractivity (Wildman–Crippen MR) is 104 cm³/mol. The maximum absolute atomic E-state index is 12.3. The van der Waals surface area contributed by atoms with Gasteiger partial charge in [-0.25, -0.2) is 4.98 Å². The first-order chi connectivity index (χ1) is 13.2. The molecule has 0 spiro atoms. The van der Waals surface area contributed by atoms with Gasteiger partial charge in [-0.05, 0) is 31.4 Å². The monoisotopic (exact) mass is 361 g/mol. The van der Waals surface area contributed by atoms with E-state index in [9.17, 15) is 4.79 Å². The quantitative estimate of drug-likeness (QED) is 0.752. The molecule has 6 nitrogen and oxygen atoms in total. The van der Waals surface area contributed by atoms with Crippen molar-refractivity contribution in [1.29, 1.82) is 0 Å². The predicted octanol–water partition coefficient (Wildman–Crippen LogP) is 4.18. The fourth-order valence-electron chi connectivity index (χ4n) is 3.61. The van der Waals surface area contributed by atoms with Crippen LogP contribution in [0.3, 0.4) is 0 Å². The van der Waals surface area contributed by atoms with Gasteiger partial charge in [-0.2, -0.15) is 10.2 Å². The number of hydrogen-bond donors (Lipinski definition) is 1. The molecule has 6 heteroatoms. The highest BCUT2D eigenvalue weighted by atomic mass is 16.1. The number of hydrogen-bond acceptors (Lipinski definition) is 4. The lowest BCUT2D eigenvalue weighted by atomic mass is 10.0. The van der Waals surface area contributed by atoms with Crippen LogP contribution in [0.25, 0.3) is 11.4 Å². The first kappa shape index (κ1) is 17.5. The van der Waals surface area contributed by atoms with Crippen LogP contribution in [0.4, 0.5) is 5.69 Å². The minimum Gasteiger partial charge on any atom is -0.328 e. The number of rotatable bonds is 7. The van der Waals surface area contributed by atoms with Crippen LogP contribution in [0, 0.1) is 12.3 Å². The van der Waals surface area contributed by atoms with Crippen LogP contribution >= 0.6 is 0 Å². The Balaban J connectivity index is 1.39. The van der Waals surface area contributed by atoms with Gasteiger partial charge in [-0.15, -0.1) is 12.3 Å². The van der Waals surface area contributed by atoms with Gasteiger partial charge in [0.2, 0.25) is 5.91 Å². The summed E-state index contributed by atoms with van der Waals surface area (Å²) in [5.74, 6) is 3.55. The molecule has 2 aromatic rings. The summed E-state index contributed by atoms with van der Waals surface area (Å²) >= 11 is 0. The molecule has 0 radical (unpaired) electrons. The molecule has 138 valence electrons. The van der Waals surface area contributed by atoms with E-state index in [1.165, 1.54) is 18.5 Å². The molecule has 0 unspecified atom stereocenters. The Morgan fingerprint density at radius 1 is 1.30 bits per heavy atom. The van der Waals surface area contributed by atoms with Crippen LogP contribution in [0.15, 0.2) is 40.7 Å². The number of fused-ring (bicyclic) bond motifs is 1. The van der Waals surface area contributed by atoms with E-state index in [-0.39, 0.29) is 5.91 Å². The van der Waals surface area contributed by atoms with Crippen molar-refractivity contribution in [2.75, 3.05) is 5.32 Å². The van der Waals surface area contributed by atoms with Gasteiger partial charge in [-0.3, -0.25) is 4.79 Å². The molecule has 2 aliphatic heterocycles. The summed E-state index contributed by atoms with van der Waals surface area (Å²) < 4.78 is 2.29. The second-order valence-corrected chi connectivity index (χ2v) is 7.20. The molecule has 0 atom stereocenters. The van der Waals surface area contributed by atoms with Crippen LogP contribution in [0.5, 0.6) is 0 Å². The normalized spacial score (nSPS) is 16.4. The molecular formula is C21H23N5O. The Bertz CT molecular complexity index is 915. The van der Waals surface area contributed by atoms with Crippen LogP contribution in [0.2, 0.25) is 0 Å². The van der Waals surface area contributed by atoms with Gasteiger partial charge in [0.1, 0.15) is 5.82 Å². The van der Waals surface area contributed by atoms with Gasteiger partial charge in [0.25, 0.3) is 0 Å². The molecule has 0 saturated heterocycles. The van der Waals surface area contributed by atoms with E-state index in [0.29, 0.717) is 19.3 Å². The molecule has 0 aliphatic carbocycles. The lowest BCUT2D eigenvalue weighted by Gasteiger charge is -2.17. The van der Waals surface area contributed by atoms with Crippen LogP contribution in [0.1, 0.15) is 44.2 Å². The highest BCUT2D eigenvalue weighted by molar-refractivity contribution is 5.91. The molecule has 4 rings (SSSR count). The van der Waals surface area contributed by atoms with E-state index in [1.54, 1.807) is 0 Å². The van der Waals surface area contributed by atoms with Gasteiger partial charge in [0.05, 0.1) is 0 Å². The van der Waals surface area contributed by atoms with Gasteiger partial charge < -0.3 is 9.88 Å². The minimum atomic E-state index is -0.416. The molecule has 0 saturated carbocycles. The summed E-state index contributed by atoms with van der Waals surface area (Å²) in [5, 5.41) is 11.1. The van der Waals surface area contributed by atoms with Crippen molar-refractivity contribution in [1.82, 2.24) is 9.55 Å². The van der Waals surface area contributed by atoms with Crippen molar-refractivity contribution in [3.63, 3.8) is 0 Å². The molecule has 1 aromatic heterocycles. The van der Waals surface area contributed by atoms with Crippen LogP contribution < -0.4 is 5.32 Å². The highest BCUT2D eigenvalue weighted by Crippen LogP contribution is 2.37. The molecule has 1 aromatic carbocycles. The number of nitrogens with one attached hydrogen (secondary N) is 1. The Kier molecular flexibility index (Phi) is 4.76. The average Bonchev–Trinajstić information content (AvgIpc) is 3.34. The smallest absolute Gasteiger partial charge is 0.224 e. The topological polar surface area (TPSA) is 71.6 Å². The van der Waals surface area contributed by atoms with E-state index in [4.69, 9.17) is 6.42 Å². The third-order valence-corrected chi connectivity index (χ3v) is 5.21. The minimum absolute atomic E-state index is 0.0327. The van der Waals surface area contributed by atoms with Crippen molar-refractivity contribution < 1.29 is 4.79 Å². The molecule has 1 N–H and O–H groups in total. The summed E-state index contributed by atoms with van der Waals surface area (Å²) in [5.41, 5.74) is 2.69. The van der Waals surface area contributed by atoms with E-state index >= 15 is 0 Å². The molecule has 2 aliphatic rings. The zero-order valence-electron chi connectivity index (χ0n) is 15.3. The zero-order chi connectivity index (χ0) is 18.7. The number of anilines is 1. The molecule has 1 amide bonds. The van der Waals surface area contributed by atoms with Crippen molar-refractivity contribution in [3.05, 3.63) is 36.2 Å². The number of nitrogens with zero attached hydrogens (tertiary/aromatic N) is 4. The maximum Gasteiger partial charge on any atom is 0.224 e. The summed E-state index contributed by atoms with van der Waals surface area (Å²) in [7, 11) is 0. The molecule has 0 fully saturated rings. The SMILES string of the molecule is C#CCCC1(CCC(=O)Nc2cccc(-c3ncc4n3CCCC4)c2)N=N1. The fraction of sp³-hybridized carbons (Fsp3) is 0.429. The number of benzene rings is 1. The number of aryl methyl sites for hydroxylation is 1. The Labute approximate surface area is 159 Å². The Hall–Kier alpha value is -2.94. The summed E-state index contributed by atoms with van der Waals surface area (Å²) in [6.45, 7) is 1.01. The number of carbonyl (C=O) groups is 1. The van der Waals surface area contributed by atoms with E-state index < -0.39 is 5.66 Å². The summed E-state index contributed by atoms with van der Waals surface area (Å²) in [6, 6.07) is 7.88. The number of carbonyl (C=O) groups excluding carboxylic acids is 1. The lowest BCUT2D eigenvalue weighted by Crippen LogP contribution is -2.17. The molecular weight excluding hydrogens is 338 g/mol. The fourth-order valence-corrected chi connectivity index (χ4v) is 3.61. The summed E-state index contributed by atoms with van der Waals surface area (Å²) in [6.07, 6.45) is 13.1. The highest BCUT2D eigenvalue weighted by Gasteiger charge is 2.39. The standard InChI is InChI=1S/C21H23N5O/c1-2-3-11-21(24-25-21)12-10-19(27)23-17-8-6-7-16(14-17)20-22-15-18-9-4-5-13-26(18)20/h1,6-8,14-15H,3-5,9-13H2,(H,23,27).